The van der Waals surface area contributed by atoms with Crippen LogP contribution < -0.4 is 5.32 Å². The van der Waals surface area contributed by atoms with Crippen molar-refractivity contribution in [2.24, 2.45) is 18.9 Å². The van der Waals surface area contributed by atoms with E-state index >= 15 is 0 Å². The van der Waals surface area contributed by atoms with Crippen molar-refractivity contribution < 1.29 is 13.2 Å². The number of aromatic nitrogens is 2. The van der Waals surface area contributed by atoms with Gasteiger partial charge in [0.2, 0.25) is 0 Å². The molecule has 0 aliphatic carbocycles. The van der Waals surface area contributed by atoms with Crippen molar-refractivity contribution >= 4 is 15.7 Å². The molecule has 4 rings (SSSR count). The second-order valence-corrected chi connectivity index (χ2v) is 9.85. The van der Waals surface area contributed by atoms with Gasteiger partial charge in [-0.1, -0.05) is 12.1 Å². The van der Waals surface area contributed by atoms with E-state index < -0.39 is 10.0 Å². The molecule has 2 aliphatic rings. The Hall–Kier alpha value is -1.90. The smallest absolute Gasteiger partial charge is 0.262 e. The second-order valence-electron chi connectivity index (χ2n) is 7.96. The normalized spacial score (nSPS) is 26.4. The van der Waals surface area contributed by atoms with Gasteiger partial charge in [-0.25, -0.2) is 13.4 Å². The Bertz CT molecular complexity index is 921. The highest BCUT2D eigenvalue weighted by Gasteiger charge is 2.43. The molecule has 28 heavy (non-hydrogen) atoms. The van der Waals surface area contributed by atoms with Gasteiger partial charge in [-0.2, -0.15) is 4.31 Å². The Balaban J connectivity index is 1.59. The van der Waals surface area contributed by atoms with Crippen LogP contribution in [0.15, 0.2) is 41.8 Å². The first-order valence-corrected chi connectivity index (χ1v) is 11.3. The summed E-state index contributed by atoms with van der Waals surface area (Å²) in [7, 11) is -1.82. The minimum absolute atomic E-state index is 0.0481. The summed E-state index contributed by atoms with van der Waals surface area (Å²) < 4.78 is 35.2. The van der Waals surface area contributed by atoms with E-state index in [0.29, 0.717) is 25.6 Å². The first kappa shape index (κ1) is 19.4. The zero-order valence-electron chi connectivity index (χ0n) is 16.4. The average Bonchev–Trinajstić information content (AvgIpc) is 3.30. The minimum Gasteiger partial charge on any atom is -0.381 e. The summed E-state index contributed by atoms with van der Waals surface area (Å²) in [5.41, 5.74) is 2.21. The van der Waals surface area contributed by atoms with Crippen LogP contribution in [-0.4, -0.2) is 54.6 Å². The quantitative estimate of drug-likeness (QED) is 0.827. The Labute approximate surface area is 166 Å². The van der Waals surface area contributed by atoms with Crippen molar-refractivity contribution in [1.29, 1.82) is 0 Å². The number of sulfonamides is 1. The SMILES string of the molecule is Cc1cccc(NC2CN(S(=O)(=O)c3cn(C)cn3)CC2C2CCCOC2)c1. The van der Waals surface area contributed by atoms with Crippen LogP contribution in [0.2, 0.25) is 0 Å². The van der Waals surface area contributed by atoms with Gasteiger partial charge in [0.25, 0.3) is 10.0 Å². The van der Waals surface area contributed by atoms with Crippen LogP contribution in [0.25, 0.3) is 0 Å². The van der Waals surface area contributed by atoms with Crippen LogP contribution >= 0.6 is 0 Å². The van der Waals surface area contributed by atoms with Gasteiger partial charge in [-0.15, -0.1) is 0 Å². The Morgan fingerprint density at radius 2 is 2.14 bits per heavy atom. The number of ether oxygens (including phenoxy) is 1. The van der Waals surface area contributed by atoms with Gasteiger partial charge in [0.05, 0.1) is 6.33 Å². The van der Waals surface area contributed by atoms with Gasteiger partial charge in [0.1, 0.15) is 0 Å². The zero-order chi connectivity index (χ0) is 19.7. The van der Waals surface area contributed by atoms with Crippen molar-refractivity contribution in [3.05, 3.63) is 42.4 Å². The highest BCUT2D eigenvalue weighted by atomic mass is 32.2. The molecule has 1 N–H and O–H groups in total. The third kappa shape index (κ3) is 3.94. The van der Waals surface area contributed by atoms with Crippen LogP contribution in [0.5, 0.6) is 0 Å². The highest BCUT2D eigenvalue weighted by Crippen LogP contribution is 2.34. The highest BCUT2D eigenvalue weighted by molar-refractivity contribution is 7.89. The first-order chi connectivity index (χ1) is 13.4. The number of hydrogen-bond acceptors (Lipinski definition) is 5. The van der Waals surface area contributed by atoms with E-state index in [1.807, 2.05) is 12.1 Å². The largest absolute Gasteiger partial charge is 0.381 e. The molecule has 2 saturated heterocycles. The molecule has 0 saturated carbocycles. The Morgan fingerprint density at radius 3 is 2.82 bits per heavy atom. The van der Waals surface area contributed by atoms with Crippen molar-refractivity contribution in [3.63, 3.8) is 0 Å². The van der Waals surface area contributed by atoms with Gasteiger partial charge >= 0.3 is 0 Å². The van der Waals surface area contributed by atoms with E-state index in [4.69, 9.17) is 4.74 Å². The maximum absolute atomic E-state index is 13.1. The first-order valence-electron chi connectivity index (χ1n) is 9.82. The third-order valence-corrected chi connectivity index (χ3v) is 7.51. The lowest BCUT2D eigenvalue weighted by Crippen LogP contribution is -2.36. The molecule has 2 fully saturated rings. The third-order valence-electron chi connectivity index (χ3n) is 5.79. The molecule has 0 bridgehead atoms. The molecule has 2 aromatic rings. The summed E-state index contributed by atoms with van der Waals surface area (Å²) in [4.78, 5) is 4.08. The summed E-state index contributed by atoms with van der Waals surface area (Å²) in [5, 5.41) is 3.72. The van der Waals surface area contributed by atoms with Crippen LogP contribution in [0.4, 0.5) is 5.69 Å². The number of nitrogens with one attached hydrogen (secondary N) is 1. The monoisotopic (exact) mass is 404 g/mol. The predicted octanol–water partition coefficient (Wildman–Crippen LogP) is 2.26. The maximum atomic E-state index is 13.1. The lowest BCUT2D eigenvalue weighted by Gasteiger charge is -2.31. The number of nitrogens with zero attached hydrogens (tertiary/aromatic N) is 3. The molecule has 1 aromatic heterocycles. The van der Waals surface area contributed by atoms with E-state index in [1.54, 1.807) is 22.1 Å². The van der Waals surface area contributed by atoms with Gasteiger partial charge in [0.15, 0.2) is 5.03 Å². The summed E-state index contributed by atoms with van der Waals surface area (Å²) in [5.74, 6) is 0.569. The second kappa shape index (κ2) is 7.85. The summed E-state index contributed by atoms with van der Waals surface area (Å²) in [6, 6.07) is 8.27. The molecule has 0 radical (unpaired) electrons. The van der Waals surface area contributed by atoms with E-state index in [9.17, 15) is 8.42 Å². The number of anilines is 1. The lowest BCUT2D eigenvalue weighted by molar-refractivity contribution is 0.0317. The number of benzene rings is 1. The number of rotatable bonds is 5. The topological polar surface area (TPSA) is 76.5 Å². The molecular formula is C20H28N4O3S. The van der Waals surface area contributed by atoms with Crippen LogP contribution in [-0.2, 0) is 21.8 Å². The molecule has 8 heteroatoms. The van der Waals surface area contributed by atoms with Gasteiger partial charge in [-0.3, -0.25) is 0 Å². The fourth-order valence-corrected chi connectivity index (χ4v) is 5.79. The van der Waals surface area contributed by atoms with E-state index in [2.05, 4.69) is 29.4 Å². The van der Waals surface area contributed by atoms with Gasteiger partial charge < -0.3 is 14.6 Å². The summed E-state index contributed by atoms with van der Waals surface area (Å²) in [6.45, 7) is 4.50. The fraction of sp³-hybridized carbons (Fsp3) is 0.550. The summed E-state index contributed by atoms with van der Waals surface area (Å²) in [6.07, 6.45) is 5.20. The minimum atomic E-state index is -3.60. The van der Waals surface area contributed by atoms with Crippen molar-refractivity contribution in [1.82, 2.24) is 13.9 Å². The average molecular weight is 405 g/mol. The van der Waals surface area contributed by atoms with Gasteiger partial charge in [0, 0.05) is 51.3 Å². The van der Waals surface area contributed by atoms with E-state index in [1.165, 1.54) is 11.9 Å². The van der Waals surface area contributed by atoms with Crippen molar-refractivity contribution in [2.75, 3.05) is 31.6 Å². The van der Waals surface area contributed by atoms with Crippen molar-refractivity contribution in [2.45, 2.75) is 30.8 Å². The van der Waals surface area contributed by atoms with Crippen LogP contribution in [0, 0.1) is 18.8 Å². The molecular weight excluding hydrogens is 376 g/mol. The number of imidazole rings is 1. The molecule has 7 nitrogen and oxygen atoms in total. The predicted molar refractivity (Wildman–Crippen MR) is 108 cm³/mol. The summed E-state index contributed by atoms with van der Waals surface area (Å²) >= 11 is 0. The maximum Gasteiger partial charge on any atom is 0.262 e. The molecule has 3 heterocycles. The number of aryl methyl sites for hydroxylation is 2. The van der Waals surface area contributed by atoms with Crippen LogP contribution in [0.3, 0.4) is 0 Å². The molecule has 3 unspecified atom stereocenters. The van der Waals surface area contributed by atoms with E-state index in [-0.39, 0.29) is 17.0 Å². The standard InChI is InChI=1S/C20H28N4O3S/c1-15-5-3-7-17(9-15)22-19-11-24(10-18(19)16-6-4-8-27-13-16)28(25,26)20-12-23(2)14-21-20/h3,5,7,9,12,14,16,18-19,22H,4,6,8,10-11,13H2,1-2H3. The lowest BCUT2D eigenvalue weighted by atomic mass is 9.84. The molecule has 0 spiro atoms. The molecule has 3 atom stereocenters. The fourth-order valence-electron chi connectivity index (χ4n) is 4.32. The number of hydrogen-bond donors (Lipinski definition) is 1. The van der Waals surface area contributed by atoms with Crippen molar-refractivity contribution in [3.8, 4) is 0 Å². The van der Waals surface area contributed by atoms with E-state index in [0.717, 1.165) is 25.1 Å². The Morgan fingerprint density at radius 1 is 1.29 bits per heavy atom. The molecule has 152 valence electrons. The molecule has 0 amide bonds. The zero-order valence-corrected chi connectivity index (χ0v) is 17.2. The van der Waals surface area contributed by atoms with Crippen LogP contribution in [0.1, 0.15) is 18.4 Å². The molecule has 1 aromatic carbocycles. The molecule has 2 aliphatic heterocycles. The Kier molecular flexibility index (Phi) is 5.44. The van der Waals surface area contributed by atoms with Gasteiger partial charge in [-0.05, 0) is 49.3 Å².